The van der Waals surface area contributed by atoms with Gasteiger partial charge in [-0.2, -0.15) is 8.78 Å². The molecule has 5 heteroatoms. The lowest BCUT2D eigenvalue weighted by molar-refractivity contribution is -0.0571. The van der Waals surface area contributed by atoms with Gasteiger partial charge in [0.2, 0.25) is 0 Å². The number of aliphatic hydroxyl groups is 1. The molecule has 2 N–H and O–H groups in total. The minimum Gasteiger partial charge on any atom is -0.506 e. The summed E-state index contributed by atoms with van der Waals surface area (Å²) in [6.45, 7) is -1.36. The molecular formula is C8H7ClF2O2. The van der Waals surface area contributed by atoms with E-state index < -0.39 is 23.8 Å². The Morgan fingerprint density at radius 3 is 2.54 bits per heavy atom. The second-order valence-corrected chi connectivity index (χ2v) is 2.91. The van der Waals surface area contributed by atoms with Crippen molar-refractivity contribution in [2.45, 2.75) is 5.92 Å². The molecule has 0 amide bonds. The maximum atomic E-state index is 12.9. The standard InChI is InChI=1S/C8H7ClF2O2/c9-6-3-1-2-5(7(6)13)8(10,11)4-12/h1-3,12-13H,4H2. The molecule has 2 nitrogen and oxygen atoms in total. The first-order valence-electron chi connectivity index (χ1n) is 3.45. The van der Waals surface area contributed by atoms with Gasteiger partial charge < -0.3 is 10.2 Å². The van der Waals surface area contributed by atoms with Gasteiger partial charge in [-0.25, -0.2) is 0 Å². The summed E-state index contributed by atoms with van der Waals surface area (Å²) in [7, 11) is 0. The smallest absolute Gasteiger partial charge is 0.299 e. The van der Waals surface area contributed by atoms with Gasteiger partial charge in [0.05, 0.1) is 10.6 Å². The molecule has 0 aromatic heterocycles. The highest BCUT2D eigenvalue weighted by molar-refractivity contribution is 6.32. The van der Waals surface area contributed by atoms with Crippen molar-refractivity contribution in [3.05, 3.63) is 28.8 Å². The van der Waals surface area contributed by atoms with Gasteiger partial charge in [0, 0.05) is 0 Å². The van der Waals surface area contributed by atoms with Gasteiger partial charge in [-0.3, -0.25) is 0 Å². The van der Waals surface area contributed by atoms with Crippen LogP contribution < -0.4 is 0 Å². The third kappa shape index (κ3) is 1.89. The Balaban J connectivity index is 3.22. The van der Waals surface area contributed by atoms with Crippen LogP contribution in [0.15, 0.2) is 18.2 Å². The van der Waals surface area contributed by atoms with Crippen LogP contribution in [0.25, 0.3) is 0 Å². The lowest BCUT2D eigenvalue weighted by Gasteiger charge is -2.15. The number of hydrogen-bond acceptors (Lipinski definition) is 2. The van der Waals surface area contributed by atoms with Crippen LogP contribution >= 0.6 is 11.6 Å². The van der Waals surface area contributed by atoms with E-state index in [1.165, 1.54) is 12.1 Å². The zero-order chi connectivity index (χ0) is 10.1. The molecule has 0 aliphatic carbocycles. The third-order valence-corrected chi connectivity index (χ3v) is 1.88. The number of aliphatic hydroxyl groups excluding tert-OH is 1. The normalized spacial score (nSPS) is 11.7. The molecule has 0 saturated carbocycles. The second kappa shape index (κ2) is 3.47. The molecule has 0 bridgehead atoms. The zero-order valence-electron chi connectivity index (χ0n) is 6.47. The number of para-hydroxylation sites is 1. The molecule has 0 atom stereocenters. The highest BCUT2D eigenvalue weighted by atomic mass is 35.5. The van der Waals surface area contributed by atoms with E-state index >= 15 is 0 Å². The number of phenolic OH excluding ortho intramolecular Hbond substituents is 1. The zero-order valence-corrected chi connectivity index (χ0v) is 7.22. The highest BCUT2D eigenvalue weighted by Gasteiger charge is 2.33. The maximum absolute atomic E-state index is 12.9. The van der Waals surface area contributed by atoms with E-state index in [-0.39, 0.29) is 5.02 Å². The molecule has 0 aliphatic heterocycles. The summed E-state index contributed by atoms with van der Waals surface area (Å²) >= 11 is 5.41. The van der Waals surface area contributed by atoms with Gasteiger partial charge in [0.15, 0.2) is 0 Å². The fourth-order valence-corrected chi connectivity index (χ4v) is 1.07. The van der Waals surface area contributed by atoms with Crippen molar-refractivity contribution < 1.29 is 19.0 Å². The Morgan fingerprint density at radius 2 is 2.00 bits per heavy atom. The largest absolute Gasteiger partial charge is 0.506 e. The fraction of sp³-hybridized carbons (Fsp3) is 0.250. The van der Waals surface area contributed by atoms with Crippen molar-refractivity contribution in [2.24, 2.45) is 0 Å². The quantitative estimate of drug-likeness (QED) is 0.782. The average Bonchev–Trinajstić information content (AvgIpc) is 2.09. The van der Waals surface area contributed by atoms with Crippen LogP contribution in [-0.4, -0.2) is 16.8 Å². The molecule has 1 rings (SSSR count). The van der Waals surface area contributed by atoms with Crippen molar-refractivity contribution in [1.29, 1.82) is 0 Å². The lowest BCUT2D eigenvalue weighted by atomic mass is 10.1. The van der Waals surface area contributed by atoms with Crippen LogP contribution in [0.2, 0.25) is 5.02 Å². The van der Waals surface area contributed by atoms with Crippen LogP contribution in [0.3, 0.4) is 0 Å². The minimum absolute atomic E-state index is 0.161. The first-order chi connectivity index (χ1) is 5.99. The van der Waals surface area contributed by atoms with Crippen molar-refractivity contribution >= 4 is 11.6 Å². The van der Waals surface area contributed by atoms with Crippen molar-refractivity contribution in [1.82, 2.24) is 0 Å². The molecule has 0 fully saturated rings. The SMILES string of the molecule is OCC(F)(F)c1cccc(Cl)c1O. The lowest BCUT2D eigenvalue weighted by Crippen LogP contribution is -2.18. The van der Waals surface area contributed by atoms with E-state index in [1.807, 2.05) is 0 Å². The molecule has 0 unspecified atom stereocenters. The number of benzene rings is 1. The van der Waals surface area contributed by atoms with Gasteiger partial charge in [0.1, 0.15) is 12.4 Å². The molecule has 1 aromatic carbocycles. The first-order valence-corrected chi connectivity index (χ1v) is 3.83. The van der Waals surface area contributed by atoms with Crippen molar-refractivity contribution in [3.63, 3.8) is 0 Å². The number of alkyl halides is 2. The monoisotopic (exact) mass is 208 g/mol. The van der Waals surface area contributed by atoms with Gasteiger partial charge in [-0.15, -0.1) is 0 Å². The Labute approximate surface area is 78.4 Å². The van der Waals surface area contributed by atoms with E-state index in [0.717, 1.165) is 6.07 Å². The summed E-state index contributed by atoms with van der Waals surface area (Å²) in [6, 6.07) is 3.58. The van der Waals surface area contributed by atoms with E-state index in [9.17, 15) is 8.78 Å². The molecule has 1 aromatic rings. The molecule has 13 heavy (non-hydrogen) atoms. The van der Waals surface area contributed by atoms with Crippen LogP contribution in [0.5, 0.6) is 5.75 Å². The van der Waals surface area contributed by atoms with E-state index in [4.69, 9.17) is 21.8 Å². The Kier molecular flexibility index (Phi) is 2.73. The summed E-state index contributed by atoms with van der Waals surface area (Å²) in [6.07, 6.45) is 0. The van der Waals surface area contributed by atoms with Crippen molar-refractivity contribution in [2.75, 3.05) is 6.61 Å². The van der Waals surface area contributed by atoms with E-state index in [0.29, 0.717) is 0 Å². The van der Waals surface area contributed by atoms with Crippen LogP contribution in [0, 0.1) is 0 Å². The molecule has 0 heterocycles. The Hall–Kier alpha value is -0.870. The summed E-state index contributed by atoms with van der Waals surface area (Å²) < 4.78 is 25.7. The minimum atomic E-state index is -3.46. The predicted octanol–water partition coefficient (Wildman–Crippen LogP) is 2.13. The van der Waals surface area contributed by atoms with Crippen LogP contribution in [-0.2, 0) is 5.92 Å². The Morgan fingerprint density at radius 1 is 1.38 bits per heavy atom. The fourth-order valence-electron chi connectivity index (χ4n) is 0.896. The van der Waals surface area contributed by atoms with E-state index in [1.54, 1.807) is 0 Å². The van der Waals surface area contributed by atoms with Gasteiger partial charge in [0.25, 0.3) is 5.92 Å². The first kappa shape index (κ1) is 10.2. The van der Waals surface area contributed by atoms with Crippen molar-refractivity contribution in [3.8, 4) is 5.75 Å². The molecular weight excluding hydrogens is 202 g/mol. The number of halogens is 3. The Bertz CT molecular complexity index is 315. The average molecular weight is 209 g/mol. The topological polar surface area (TPSA) is 40.5 Å². The van der Waals surface area contributed by atoms with Gasteiger partial charge in [-0.1, -0.05) is 17.7 Å². The summed E-state index contributed by atoms with van der Waals surface area (Å²) in [5, 5.41) is 17.3. The number of phenols is 1. The van der Waals surface area contributed by atoms with E-state index in [2.05, 4.69) is 0 Å². The molecule has 0 aliphatic rings. The van der Waals surface area contributed by atoms with Gasteiger partial charge in [-0.05, 0) is 12.1 Å². The van der Waals surface area contributed by atoms with Crippen LogP contribution in [0.4, 0.5) is 8.78 Å². The predicted molar refractivity (Wildman–Crippen MR) is 44.1 cm³/mol. The third-order valence-electron chi connectivity index (χ3n) is 1.58. The van der Waals surface area contributed by atoms with Crippen LogP contribution in [0.1, 0.15) is 5.56 Å². The number of hydrogen-bond donors (Lipinski definition) is 2. The highest BCUT2D eigenvalue weighted by Crippen LogP contribution is 2.37. The molecule has 0 radical (unpaired) electrons. The second-order valence-electron chi connectivity index (χ2n) is 2.50. The maximum Gasteiger partial charge on any atom is 0.299 e. The number of rotatable bonds is 2. The molecule has 72 valence electrons. The summed E-state index contributed by atoms with van der Waals surface area (Å²) in [4.78, 5) is 0. The van der Waals surface area contributed by atoms with Gasteiger partial charge >= 0.3 is 0 Å². The summed E-state index contributed by atoms with van der Waals surface area (Å²) in [5.41, 5.74) is -0.664. The molecule has 0 spiro atoms. The number of aromatic hydroxyl groups is 1. The summed E-state index contributed by atoms with van der Waals surface area (Å²) in [5.74, 6) is -4.15. The molecule has 0 saturated heterocycles.